The van der Waals surface area contributed by atoms with Gasteiger partial charge in [-0.2, -0.15) is 0 Å². The van der Waals surface area contributed by atoms with Gasteiger partial charge in [0.2, 0.25) is 0 Å². The summed E-state index contributed by atoms with van der Waals surface area (Å²) in [5, 5.41) is 0. The first-order chi connectivity index (χ1) is 9.86. The minimum absolute atomic E-state index is 0.606. The minimum Gasteiger partial charge on any atom is -0.0764 e. The Labute approximate surface area is 120 Å². The molecule has 1 unspecified atom stereocenters. The molecule has 0 heteroatoms. The van der Waals surface area contributed by atoms with Crippen molar-refractivity contribution in [3.8, 4) is 0 Å². The number of rotatable bonds is 2. The highest BCUT2D eigenvalue weighted by Crippen LogP contribution is 2.40. The quantitative estimate of drug-likeness (QED) is 0.685. The fourth-order valence-corrected chi connectivity index (χ4v) is 3.50. The highest BCUT2D eigenvalue weighted by Gasteiger charge is 2.21. The monoisotopic (exact) mass is 258 g/mol. The second kappa shape index (κ2) is 4.49. The molecule has 1 atom stereocenters. The van der Waals surface area contributed by atoms with Crippen molar-refractivity contribution in [3.63, 3.8) is 0 Å². The van der Waals surface area contributed by atoms with Crippen molar-refractivity contribution in [3.05, 3.63) is 76.4 Å². The third-order valence-electron chi connectivity index (χ3n) is 4.59. The van der Waals surface area contributed by atoms with E-state index < -0.39 is 0 Å². The Balaban J connectivity index is 1.80. The van der Waals surface area contributed by atoms with E-state index in [1.807, 2.05) is 0 Å². The number of allylic oxidation sites excluding steroid dienone is 2. The zero-order valence-electron chi connectivity index (χ0n) is 11.8. The fraction of sp³-hybridized carbons (Fsp3) is 0.200. The molecule has 0 N–H and O–H groups in total. The first-order valence-corrected chi connectivity index (χ1v) is 7.47. The molecule has 0 aromatic heterocycles. The van der Waals surface area contributed by atoms with E-state index in [9.17, 15) is 0 Å². The lowest BCUT2D eigenvalue weighted by atomic mass is 9.92. The lowest BCUT2D eigenvalue weighted by Gasteiger charge is -2.12. The predicted molar refractivity (Wildman–Crippen MR) is 86.5 cm³/mol. The maximum absolute atomic E-state index is 2.36. The van der Waals surface area contributed by atoms with Crippen molar-refractivity contribution in [2.45, 2.75) is 25.7 Å². The van der Waals surface area contributed by atoms with Crippen molar-refractivity contribution in [2.24, 2.45) is 0 Å². The third-order valence-corrected chi connectivity index (χ3v) is 4.59. The topological polar surface area (TPSA) is 0 Å². The van der Waals surface area contributed by atoms with Gasteiger partial charge in [0, 0.05) is 5.92 Å². The van der Waals surface area contributed by atoms with Gasteiger partial charge in [-0.15, -0.1) is 0 Å². The van der Waals surface area contributed by atoms with Crippen molar-refractivity contribution < 1.29 is 0 Å². The molecule has 2 aromatic rings. The average molecular weight is 258 g/mol. The van der Waals surface area contributed by atoms with Crippen LogP contribution in [0.2, 0.25) is 0 Å². The normalized spacial score (nSPS) is 18.9. The molecule has 20 heavy (non-hydrogen) atoms. The first-order valence-electron chi connectivity index (χ1n) is 7.47. The van der Waals surface area contributed by atoms with E-state index in [0.29, 0.717) is 5.92 Å². The molecule has 0 nitrogen and oxygen atoms in total. The largest absolute Gasteiger partial charge is 0.0764 e. The van der Waals surface area contributed by atoms with E-state index in [1.54, 1.807) is 0 Å². The smallest absolute Gasteiger partial charge is 0.00248 e. The number of benzene rings is 2. The second-order valence-corrected chi connectivity index (χ2v) is 5.73. The van der Waals surface area contributed by atoms with Gasteiger partial charge in [0.05, 0.1) is 0 Å². The summed E-state index contributed by atoms with van der Waals surface area (Å²) in [6.07, 6.45) is 9.29. The maximum Gasteiger partial charge on any atom is 0.00248 e. The molecule has 0 fully saturated rings. The van der Waals surface area contributed by atoms with Gasteiger partial charge < -0.3 is 0 Å². The summed E-state index contributed by atoms with van der Waals surface area (Å²) in [6, 6.07) is 15.5. The van der Waals surface area contributed by atoms with Gasteiger partial charge in [0.25, 0.3) is 0 Å². The van der Waals surface area contributed by atoms with Gasteiger partial charge in [0.1, 0.15) is 0 Å². The molecular formula is C20H18. The summed E-state index contributed by atoms with van der Waals surface area (Å²) in [6.45, 7) is 2.27. The molecule has 0 amide bonds. The summed E-state index contributed by atoms with van der Waals surface area (Å²) >= 11 is 0. The van der Waals surface area contributed by atoms with E-state index in [2.05, 4.69) is 67.6 Å². The molecule has 0 bridgehead atoms. The zero-order chi connectivity index (χ0) is 13.5. The molecule has 0 saturated heterocycles. The van der Waals surface area contributed by atoms with Crippen LogP contribution in [-0.4, -0.2) is 0 Å². The van der Waals surface area contributed by atoms with Crippen LogP contribution in [0, 0.1) is 0 Å². The predicted octanol–water partition coefficient (Wildman–Crippen LogP) is 5.30. The van der Waals surface area contributed by atoms with E-state index in [1.165, 1.54) is 39.8 Å². The van der Waals surface area contributed by atoms with Crippen LogP contribution in [0.4, 0.5) is 0 Å². The van der Waals surface area contributed by atoms with Crippen molar-refractivity contribution in [1.29, 1.82) is 0 Å². The van der Waals surface area contributed by atoms with Gasteiger partial charge in [-0.05, 0) is 46.2 Å². The SMILES string of the molecule is CCC1C=Cc2c(C3=Cc4ccccc4C3)cccc21. The second-order valence-electron chi connectivity index (χ2n) is 5.73. The van der Waals surface area contributed by atoms with E-state index >= 15 is 0 Å². The molecule has 0 spiro atoms. The number of fused-ring (bicyclic) bond motifs is 2. The molecule has 2 aliphatic carbocycles. The Morgan fingerprint density at radius 2 is 1.95 bits per heavy atom. The molecule has 0 radical (unpaired) electrons. The van der Waals surface area contributed by atoms with E-state index in [0.717, 1.165) is 6.42 Å². The third kappa shape index (κ3) is 1.68. The summed E-state index contributed by atoms with van der Waals surface area (Å²) in [7, 11) is 0. The first kappa shape index (κ1) is 11.7. The van der Waals surface area contributed by atoms with Gasteiger partial charge in [0.15, 0.2) is 0 Å². The van der Waals surface area contributed by atoms with Crippen LogP contribution in [0.15, 0.2) is 48.5 Å². The molecule has 2 aliphatic rings. The zero-order valence-corrected chi connectivity index (χ0v) is 11.8. The standard InChI is InChI=1S/C20H18/c1-2-14-10-11-20-18(14)8-5-9-19(20)17-12-15-6-3-4-7-16(15)13-17/h3-12,14H,2,13H2,1H3. The average Bonchev–Trinajstić information content (AvgIpc) is 3.10. The highest BCUT2D eigenvalue weighted by atomic mass is 14.3. The Morgan fingerprint density at radius 1 is 1.05 bits per heavy atom. The Hall–Kier alpha value is -2.08. The lowest BCUT2D eigenvalue weighted by molar-refractivity contribution is 0.818. The van der Waals surface area contributed by atoms with Crippen LogP contribution in [0.25, 0.3) is 17.7 Å². The maximum atomic E-state index is 2.36. The van der Waals surface area contributed by atoms with Crippen LogP contribution in [0.5, 0.6) is 0 Å². The molecule has 0 aliphatic heterocycles. The van der Waals surface area contributed by atoms with Crippen molar-refractivity contribution in [1.82, 2.24) is 0 Å². The molecule has 2 aromatic carbocycles. The summed E-state index contributed by atoms with van der Waals surface area (Å²) in [5.74, 6) is 0.606. The molecule has 98 valence electrons. The Morgan fingerprint density at radius 3 is 2.80 bits per heavy atom. The fourth-order valence-electron chi connectivity index (χ4n) is 3.50. The van der Waals surface area contributed by atoms with Crippen LogP contribution in [0.1, 0.15) is 47.1 Å². The lowest BCUT2D eigenvalue weighted by Crippen LogP contribution is -1.95. The van der Waals surface area contributed by atoms with Crippen molar-refractivity contribution >= 4 is 17.7 Å². The Kier molecular flexibility index (Phi) is 2.63. The van der Waals surface area contributed by atoms with E-state index in [4.69, 9.17) is 0 Å². The van der Waals surface area contributed by atoms with Crippen LogP contribution in [-0.2, 0) is 6.42 Å². The van der Waals surface area contributed by atoms with Crippen molar-refractivity contribution in [2.75, 3.05) is 0 Å². The molecule has 4 rings (SSSR count). The summed E-state index contributed by atoms with van der Waals surface area (Å²) in [5.41, 5.74) is 8.67. The molecule has 0 saturated carbocycles. The molecule has 0 heterocycles. The van der Waals surface area contributed by atoms with Gasteiger partial charge >= 0.3 is 0 Å². The van der Waals surface area contributed by atoms with Gasteiger partial charge in [-0.1, -0.05) is 67.6 Å². The highest BCUT2D eigenvalue weighted by molar-refractivity contribution is 5.92. The molecular weight excluding hydrogens is 240 g/mol. The van der Waals surface area contributed by atoms with E-state index in [-0.39, 0.29) is 0 Å². The minimum atomic E-state index is 0.606. The number of hydrogen-bond donors (Lipinski definition) is 0. The van der Waals surface area contributed by atoms with Crippen LogP contribution < -0.4 is 0 Å². The Bertz CT molecular complexity index is 731. The van der Waals surface area contributed by atoms with Gasteiger partial charge in [-0.3, -0.25) is 0 Å². The van der Waals surface area contributed by atoms with Crippen LogP contribution >= 0.6 is 0 Å². The van der Waals surface area contributed by atoms with Crippen LogP contribution in [0.3, 0.4) is 0 Å². The summed E-state index contributed by atoms with van der Waals surface area (Å²) < 4.78 is 0. The number of hydrogen-bond acceptors (Lipinski definition) is 0. The summed E-state index contributed by atoms with van der Waals surface area (Å²) in [4.78, 5) is 0. The van der Waals surface area contributed by atoms with Gasteiger partial charge in [-0.25, -0.2) is 0 Å².